The molecule has 1 aliphatic carbocycles. The first-order valence-electron chi connectivity index (χ1n) is 8.97. The molecule has 156 valence electrons. The van der Waals surface area contributed by atoms with E-state index >= 15 is 0 Å². The van der Waals surface area contributed by atoms with Crippen LogP contribution in [0, 0.1) is 12.8 Å². The van der Waals surface area contributed by atoms with E-state index in [4.69, 9.17) is 14.9 Å². The number of alkyl halides is 3. The van der Waals surface area contributed by atoms with E-state index in [0.717, 1.165) is 42.6 Å². The molecule has 0 spiro atoms. The van der Waals surface area contributed by atoms with Crippen LogP contribution in [0.5, 0.6) is 0 Å². The molecule has 28 heavy (non-hydrogen) atoms. The summed E-state index contributed by atoms with van der Waals surface area (Å²) in [5, 5.41) is 7.12. The van der Waals surface area contributed by atoms with Crippen molar-refractivity contribution in [2.75, 3.05) is 38.6 Å². The maximum Gasteiger partial charge on any atom is 0.490 e. The Labute approximate surface area is 161 Å². The van der Waals surface area contributed by atoms with E-state index in [1.165, 1.54) is 12.8 Å². The predicted molar refractivity (Wildman–Crippen MR) is 97.1 cm³/mol. The lowest BCUT2D eigenvalue weighted by Gasteiger charge is -2.25. The normalized spacial score (nSPS) is 16.5. The minimum atomic E-state index is -5.08. The van der Waals surface area contributed by atoms with Crippen molar-refractivity contribution in [2.24, 2.45) is 5.92 Å². The second kappa shape index (κ2) is 8.66. The van der Waals surface area contributed by atoms with Gasteiger partial charge in [0, 0.05) is 45.0 Å². The van der Waals surface area contributed by atoms with Gasteiger partial charge in [-0.25, -0.2) is 14.6 Å². The molecule has 1 saturated carbocycles. The van der Waals surface area contributed by atoms with Gasteiger partial charge >= 0.3 is 18.2 Å². The molecule has 7 nitrogen and oxygen atoms in total. The van der Waals surface area contributed by atoms with Crippen LogP contribution in [-0.2, 0) is 11.3 Å². The summed E-state index contributed by atoms with van der Waals surface area (Å²) >= 11 is 0. The fourth-order valence-corrected chi connectivity index (χ4v) is 2.84. The number of aryl methyl sites for hydroxylation is 1. The Kier molecular flexibility index (Phi) is 6.73. The van der Waals surface area contributed by atoms with Crippen LogP contribution in [0.3, 0.4) is 0 Å². The Bertz CT molecular complexity index is 721. The molecule has 0 saturated heterocycles. The smallest absolute Gasteiger partial charge is 0.475 e. The van der Waals surface area contributed by atoms with Crippen molar-refractivity contribution in [3.05, 3.63) is 23.4 Å². The number of carboxylic acids is 1. The maximum absolute atomic E-state index is 12.3. The van der Waals surface area contributed by atoms with Crippen molar-refractivity contribution in [1.82, 2.24) is 14.8 Å². The van der Waals surface area contributed by atoms with E-state index < -0.39 is 12.1 Å². The predicted octanol–water partition coefficient (Wildman–Crippen LogP) is 2.74. The van der Waals surface area contributed by atoms with Crippen molar-refractivity contribution < 1.29 is 27.9 Å². The summed E-state index contributed by atoms with van der Waals surface area (Å²) in [6.07, 6.45) is -2.42. The number of hydrogen-bond donors (Lipinski definition) is 1. The second-order valence-corrected chi connectivity index (χ2v) is 7.23. The van der Waals surface area contributed by atoms with Crippen molar-refractivity contribution in [3.63, 3.8) is 0 Å². The summed E-state index contributed by atoms with van der Waals surface area (Å²) in [5.74, 6) is -0.861. The summed E-state index contributed by atoms with van der Waals surface area (Å²) in [6.45, 7) is 5.40. The number of rotatable bonds is 2. The minimum absolute atomic E-state index is 0.0785. The first-order chi connectivity index (χ1) is 13.0. The molecule has 2 aliphatic rings. The van der Waals surface area contributed by atoms with Crippen LogP contribution in [0.2, 0.25) is 0 Å². The largest absolute Gasteiger partial charge is 0.490 e. The molecule has 1 aliphatic heterocycles. The third-order valence-electron chi connectivity index (χ3n) is 4.47. The topological polar surface area (TPSA) is 77.0 Å². The standard InChI is InChI=1S/C16H24N4O.C2HF3O2/c1-12-4-7-14-11-20(16(21)18(2)3)9-8-19(15(14)17-12)10-13-5-6-13;3-2(4,5)1(6)7/h4,7,13H,5-6,8-11H2,1-3H3;(H,6,7). The van der Waals surface area contributed by atoms with E-state index in [2.05, 4.69) is 11.0 Å². The lowest BCUT2D eigenvalue weighted by molar-refractivity contribution is -0.192. The monoisotopic (exact) mass is 402 g/mol. The molecule has 10 heteroatoms. The lowest BCUT2D eigenvalue weighted by Crippen LogP contribution is -2.41. The summed E-state index contributed by atoms with van der Waals surface area (Å²) < 4.78 is 31.7. The highest BCUT2D eigenvalue weighted by Crippen LogP contribution is 2.33. The molecule has 1 fully saturated rings. The van der Waals surface area contributed by atoms with Crippen LogP contribution in [0.25, 0.3) is 0 Å². The van der Waals surface area contributed by atoms with Crippen LogP contribution >= 0.6 is 0 Å². The fraction of sp³-hybridized carbons (Fsp3) is 0.611. The highest BCUT2D eigenvalue weighted by molar-refractivity contribution is 5.74. The number of halogens is 3. The van der Waals surface area contributed by atoms with Gasteiger partial charge in [0.15, 0.2) is 0 Å². The zero-order chi connectivity index (χ0) is 21.1. The third-order valence-corrected chi connectivity index (χ3v) is 4.47. The summed E-state index contributed by atoms with van der Waals surface area (Å²) in [5.41, 5.74) is 2.20. The van der Waals surface area contributed by atoms with Crippen LogP contribution < -0.4 is 4.90 Å². The Balaban J connectivity index is 0.000000345. The Morgan fingerprint density at radius 3 is 2.36 bits per heavy atom. The van der Waals surface area contributed by atoms with Gasteiger partial charge < -0.3 is 19.8 Å². The van der Waals surface area contributed by atoms with Gasteiger partial charge in [0.1, 0.15) is 5.82 Å². The Morgan fingerprint density at radius 2 is 1.86 bits per heavy atom. The molecule has 1 aromatic heterocycles. The number of pyridine rings is 1. The molecule has 2 amide bonds. The number of aliphatic carboxylic acids is 1. The molecule has 1 aromatic rings. The number of hydrogen-bond acceptors (Lipinski definition) is 4. The number of nitrogens with zero attached hydrogens (tertiary/aromatic N) is 4. The van der Waals surface area contributed by atoms with E-state index in [-0.39, 0.29) is 6.03 Å². The van der Waals surface area contributed by atoms with Gasteiger partial charge in [-0.1, -0.05) is 6.07 Å². The van der Waals surface area contributed by atoms with Crippen LogP contribution in [-0.4, -0.2) is 71.8 Å². The number of urea groups is 1. The van der Waals surface area contributed by atoms with Gasteiger partial charge in [0.05, 0.1) is 6.54 Å². The number of carbonyl (C=O) groups excluding carboxylic acids is 1. The number of amides is 2. The SMILES string of the molecule is Cc1ccc2c(n1)N(CC1CC1)CCN(C(=O)N(C)C)C2.O=C(O)C(F)(F)F. The molecule has 0 radical (unpaired) electrons. The zero-order valence-electron chi connectivity index (χ0n) is 16.2. The molecule has 0 unspecified atom stereocenters. The molecule has 0 atom stereocenters. The number of carbonyl (C=O) groups is 2. The Morgan fingerprint density at radius 1 is 1.25 bits per heavy atom. The third kappa shape index (κ3) is 6.00. The quantitative estimate of drug-likeness (QED) is 0.823. The highest BCUT2D eigenvalue weighted by Gasteiger charge is 2.38. The average Bonchev–Trinajstić information content (AvgIpc) is 3.42. The second-order valence-electron chi connectivity index (χ2n) is 7.23. The van der Waals surface area contributed by atoms with Crippen LogP contribution in [0.1, 0.15) is 24.1 Å². The summed E-state index contributed by atoms with van der Waals surface area (Å²) in [7, 11) is 3.62. The lowest BCUT2D eigenvalue weighted by atomic mass is 10.2. The van der Waals surface area contributed by atoms with Gasteiger partial charge in [-0.15, -0.1) is 0 Å². The number of aromatic nitrogens is 1. The zero-order valence-corrected chi connectivity index (χ0v) is 16.2. The molecule has 1 N–H and O–H groups in total. The first-order valence-corrected chi connectivity index (χ1v) is 8.97. The number of carboxylic acid groups (broad SMARTS) is 1. The van der Waals surface area contributed by atoms with Gasteiger partial charge in [0.25, 0.3) is 0 Å². The molecule has 0 aromatic carbocycles. The molecular formula is C18H25F3N4O3. The number of fused-ring (bicyclic) bond motifs is 1. The summed E-state index contributed by atoms with van der Waals surface area (Å²) in [6, 6.07) is 4.24. The number of anilines is 1. The Hall–Kier alpha value is -2.52. The van der Waals surface area contributed by atoms with E-state index in [1.54, 1.807) is 4.90 Å². The van der Waals surface area contributed by atoms with Gasteiger partial charge in [0.2, 0.25) is 0 Å². The van der Waals surface area contributed by atoms with Crippen molar-refractivity contribution in [3.8, 4) is 0 Å². The van der Waals surface area contributed by atoms with Crippen molar-refractivity contribution >= 4 is 17.8 Å². The summed E-state index contributed by atoms with van der Waals surface area (Å²) in [4.78, 5) is 31.9. The first kappa shape index (κ1) is 21.8. The van der Waals surface area contributed by atoms with Gasteiger partial charge in [-0.2, -0.15) is 13.2 Å². The molecular weight excluding hydrogens is 377 g/mol. The van der Waals surface area contributed by atoms with Gasteiger partial charge in [-0.05, 0) is 31.7 Å². The van der Waals surface area contributed by atoms with Crippen molar-refractivity contribution in [1.29, 1.82) is 0 Å². The minimum Gasteiger partial charge on any atom is -0.475 e. The van der Waals surface area contributed by atoms with Crippen LogP contribution in [0.4, 0.5) is 23.8 Å². The fourth-order valence-electron chi connectivity index (χ4n) is 2.84. The average molecular weight is 402 g/mol. The van der Waals surface area contributed by atoms with Crippen LogP contribution in [0.15, 0.2) is 12.1 Å². The highest BCUT2D eigenvalue weighted by atomic mass is 19.4. The van der Waals surface area contributed by atoms with Crippen molar-refractivity contribution in [2.45, 2.75) is 32.5 Å². The van der Waals surface area contributed by atoms with E-state index in [1.807, 2.05) is 32.0 Å². The van der Waals surface area contributed by atoms with E-state index in [0.29, 0.717) is 6.54 Å². The molecule has 0 bridgehead atoms. The maximum atomic E-state index is 12.3. The molecule has 2 heterocycles. The van der Waals surface area contributed by atoms with E-state index in [9.17, 15) is 18.0 Å². The van der Waals surface area contributed by atoms with Gasteiger partial charge in [-0.3, -0.25) is 0 Å². The molecule has 3 rings (SSSR count).